The van der Waals surface area contributed by atoms with Crippen LogP contribution in [0.5, 0.6) is 5.75 Å². The van der Waals surface area contributed by atoms with Crippen molar-refractivity contribution >= 4 is 0 Å². The van der Waals surface area contributed by atoms with Gasteiger partial charge in [0.05, 0.1) is 13.2 Å². The molecule has 5 nitrogen and oxygen atoms in total. The number of rotatable bonds is 7. The third-order valence-corrected chi connectivity index (χ3v) is 3.59. The number of aliphatic hydroxyl groups excluding tert-OH is 1. The molecule has 21 heavy (non-hydrogen) atoms. The van der Waals surface area contributed by atoms with Gasteiger partial charge in [-0.25, -0.2) is 9.67 Å². The quantitative estimate of drug-likeness (QED) is 0.851. The summed E-state index contributed by atoms with van der Waals surface area (Å²) >= 11 is 0. The molecule has 0 bridgehead atoms. The Morgan fingerprint density at radius 2 is 2.10 bits per heavy atom. The van der Waals surface area contributed by atoms with Gasteiger partial charge in [-0.05, 0) is 30.9 Å². The average molecular weight is 289 g/mol. The van der Waals surface area contributed by atoms with Crippen LogP contribution in [0.25, 0.3) is 0 Å². The van der Waals surface area contributed by atoms with Gasteiger partial charge in [0.25, 0.3) is 0 Å². The van der Waals surface area contributed by atoms with Crippen LogP contribution >= 0.6 is 0 Å². The number of hydrogen-bond acceptors (Lipinski definition) is 4. The van der Waals surface area contributed by atoms with Gasteiger partial charge >= 0.3 is 0 Å². The fourth-order valence-electron chi connectivity index (χ4n) is 2.26. The summed E-state index contributed by atoms with van der Waals surface area (Å²) < 4.78 is 7.64. The lowest BCUT2D eigenvalue weighted by Crippen LogP contribution is -2.11. The molecular weight excluding hydrogens is 266 g/mol. The third-order valence-electron chi connectivity index (χ3n) is 3.59. The summed E-state index contributed by atoms with van der Waals surface area (Å²) in [7, 11) is 0. The van der Waals surface area contributed by atoms with Gasteiger partial charge in [0.1, 0.15) is 18.2 Å². The number of ether oxygens (including phenoxy) is 1. The fraction of sp³-hybridized carbons (Fsp3) is 0.500. The lowest BCUT2D eigenvalue weighted by atomic mass is 9.98. The van der Waals surface area contributed by atoms with E-state index in [9.17, 15) is 0 Å². The number of aromatic nitrogens is 3. The molecule has 1 heterocycles. The SMILES string of the molecule is CC[C@@H](C)c1ccccc1OCc1nc(C)nn1CCO. The first-order valence-electron chi connectivity index (χ1n) is 7.38. The number of para-hydroxylation sites is 1. The Morgan fingerprint density at radius 3 is 2.81 bits per heavy atom. The second-order valence-electron chi connectivity index (χ2n) is 5.16. The van der Waals surface area contributed by atoms with E-state index in [-0.39, 0.29) is 6.61 Å². The maximum atomic E-state index is 9.06. The maximum absolute atomic E-state index is 9.06. The van der Waals surface area contributed by atoms with Crippen molar-refractivity contribution in [2.45, 2.75) is 46.3 Å². The van der Waals surface area contributed by atoms with Gasteiger partial charge in [0.2, 0.25) is 0 Å². The molecule has 0 unspecified atom stereocenters. The van der Waals surface area contributed by atoms with Crippen molar-refractivity contribution in [3.8, 4) is 5.75 Å². The molecule has 0 fully saturated rings. The Labute approximate surface area is 125 Å². The van der Waals surface area contributed by atoms with Crippen molar-refractivity contribution in [2.24, 2.45) is 0 Å². The molecule has 0 saturated carbocycles. The Bertz CT molecular complexity index is 581. The van der Waals surface area contributed by atoms with Gasteiger partial charge in [-0.15, -0.1) is 0 Å². The van der Waals surface area contributed by atoms with Gasteiger partial charge in [0.15, 0.2) is 5.82 Å². The highest BCUT2D eigenvalue weighted by Crippen LogP contribution is 2.28. The standard InChI is InChI=1S/C16H23N3O2/c1-4-12(2)14-7-5-6-8-15(14)21-11-16-17-13(3)18-19(16)9-10-20/h5-8,12,20H,4,9-11H2,1-3H3/t12-/m1/s1. The predicted molar refractivity (Wildman–Crippen MR) is 81.3 cm³/mol. The summed E-state index contributed by atoms with van der Waals surface area (Å²) in [5.41, 5.74) is 1.21. The van der Waals surface area contributed by atoms with Crippen LogP contribution in [0.4, 0.5) is 0 Å². The minimum Gasteiger partial charge on any atom is -0.485 e. The number of nitrogens with zero attached hydrogens (tertiary/aromatic N) is 3. The lowest BCUT2D eigenvalue weighted by Gasteiger charge is -2.15. The summed E-state index contributed by atoms with van der Waals surface area (Å²) in [5.74, 6) is 2.78. The minimum atomic E-state index is 0.0409. The van der Waals surface area contributed by atoms with Crippen LogP contribution in [0.2, 0.25) is 0 Å². The van der Waals surface area contributed by atoms with E-state index in [1.165, 1.54) is 5.56 Å². The van der Waals surface area contributed by atoms with Crippen molar-refractivity contribution in [2.75, 3.05) is 6.61 Å². The maximum Gasteiger partial charge on any atom is 0.165 e. The van der Waals surface area contributed by atoms with Crippen molar-refractivity contribution in [1.29, 1.82) is 0 Å². The first-order valence-corrected chi connectivity index (χ1v) is 7.38. The molecule has 0 aliphatic rings. The molecule has 0 saturated heterocycles. The monoisotopic (exact) mass is 289 g/mol. The molecule has 5 heteroatoms. The molecule has 2 aromatic rings. The van der Waals surface area contributed by atoms with Crippen molar-refractivity contribution < 1.29 is 9.84 Å². The van der Waals surface area contributed by atoms with Crippen LogP contribution in [-0.4, -0.2) is 26.5 Å². The van der Waals surface area contributed by atoms with Gasteiger partial charge < -0.3 is 9.84 Å². The molecule has 1 N–H and O–H groups in total. The Morgan fingerprint density at radius 1 is 1.33 bits per heavy atom. The highest BCUT2D eigenvalue weighted by atomic mass is 16.5. The first-order chi connectivity index (χ1) is 10.2. The van der Waals surface area contributed by atoms with Crippen LogP contribution in [0.1, 0.15) is 43.4 Å². The molecule has 1 aromatic heterocycles. The summed E-state index contributed by atoms with van der Waals surface area (Å²) in [5, 5.41) is 13.3. The average Bonchev–Trinajstić information content (AvgIpc) is 2.85. The van der Waals surface area contributed by atoms with Crippen LogP contribution in [0.3, 0.4) is 0 Å². The van der Waals surface area contributed by atoms with E-state index in [1.54, 1.807) is 4.68 Å². The number of aryl methyl sites for hydroxylation is 1. The predicted octanol–water partition coefficient (Wildman–Crippen LogP) is 2.67. The summed E-state index contributed by atoms with van der Waals surface area (Å²) in [4.78, 5) is 4.35. The molecule has 1 atom stereocenters. The molecule has 1 aromatic carbocycles. The van der Waals surface area contributed by atoms with E-state index in [2.05, 4.69) is 30.0 Å². The van der Waals surface area contributed by atoms with Crippen molar-refractivity contribution in [1.82, 2.24) is 14.8 Å². The van der Waals surface area contributed by atoms with E-state index in [0.717, 1.165) is 18.0 Å². The molecule has 0 radical (unpaired) electrons. The Hall–Kier alpha value is -1.88. The van der Waals surface area contributed by atoms with Gasteiger partial charge in [0, 0.05) is 0 Å². The zero-order valence-electron chi connectivity index (χ0n) is 12.9. The van der Waals surface area contributed by atoms with Crippen molar-refractivity contribution in [3.63, 3.8) is 0 Å². The molecule has 2 rings (SSSR count). The zero-order chi connectivity index (χ0) is 15.2. The largest absolute Gasteiger partial charge is 0.485 e. The lowest BCUT2D eigenvalue weighted by molar-refractivity contribution is 0.249. The second-order valence-corrected chi connectivity index (χ2v) is 5.16. The van der Waals surface area contributed by atoms with E-state index in [4.69, 9.17) is 9.84 Å². The minimum absolute atomic E-state index is 0.0409. The zero-order valence-corrected chi connectivity index (χ0v) is 12.9. The van der Waals surface area contributed by atoms with E-state index in [1.807, 2.05) is 25.1 Å². The topological polar surface area (TPSA) is 60.2 Å². The molecule has 0 aliphatic carbocycles. The Kier molecular flexibility index (Phi) is 5.33. The Balaban J connectivity index is 2.13. The summed E-state index contributed by atoms with van der Waals surface area (Å²) in [6.45, 7) is 7.04. The molecule has 0 spiro atoms. The normalized spacial score (nSPS) is 12.4. The molecule has 0 amide bonds. The van der Waals surface area contributed by atoms with Crippen LogP contribution < -0.4 is 4.74 Å². The number of aliphatic hydroxyl groups is 1. The number of benzene rings is 1. The van der Waals surface area contributed by atoms with Crippen LogP contribution in [0.15, 0.2) is 24.3 Å². The van der Waals surface area contributed by atoms with Crippen LogP contribution in [0, 0.1) is 6.92 Å². The van der Waals surface area contributed by atoms with E-state index in [0.29, 0.717) is 24.9 Å². The molecule has 114 valence electrons. The highest BCUT2D eigenvalue weighted by Gasteiger charge is 2.12. The van der Waals surface area contributed by atoms with Gasteiger partial charge in [-0.3, -0.25) is 0 Å². The molecular formula is C16H23N3O2. The summed E-state index contributed by atoms with van der Waals surface area (Å²) in [6.07, 6.45) is 1.07. The van der Waals surface area contributed by atoms with E-state index >= 15 is 0 Å². The fourth-order valence-corrected chi connectivity index (χ4v) is 2.26. The molecule has 0 aliphatic heterocycles. The van der Waals surface area contributed by atoms with Crippen LogP contribution in [-0.2, 0) is 13.2 Å². The summed E-state index contributed by atoms with van der Waals surface area (Å²) in [6, 6.07) is 8.10. The number of hydrogen-bond donors (Lipinski definition) is 1. The smallest absolute Gasteiger partial charge is 0.165 e. The van der Waals surface area contributed by atoms with E-state index < -0.39 is 0 Å². The first kappa shape index (κ1) is 15.5. The third kappa shape index (κ3) is 3.82. The second kappa shape index (κ2) is 7.22. The van der Waals surface area contributed by atoms with Gasteiger partial charge in [-0.2, -0.15) is 5.10 Å². The van der Waals surface area contributed by atoms with Crippen molar-refractivity contribution in [3.05, 3.63) is 41.5 Å². The highest BCUT2D eigenvalue weighted by molar-refractivity contribution is 5.35. The van der Waals surface area contributed by atoms with Gasteiger partial charge in [-0.1, -0.05) is 32.0 Å².